The van der Waals surface area contributed by atoms with E-state index in [1.165, 1.54) is 4.88 Å². The molecular weight excluding hydrogens is 376 g/mol. The Morgan fingerprint density at radius 3 is 2.82 bits per heavy atom. The van der Waals surface area contributed by atoms with Crippen LogP contribution in [0, 0.1) is 6.92 Å². The highest BCUT2D eigenvalue weighted by Crippen LogP contribution is 2.23. The molecular formula is C19H30N6O2S. The Hall–Kier alpha value is -1.97. The van der Waals surface area contributed by atoms with Crippen molar-refractivity contribution in [2.24, 2.45) is 12.0 Å². The van der Waals surface area contributed by atoms with Crippen molar-refractivity contribution in [3.63, 3.8) is 0 Å². The van der Waals surface area contributed by atoms with E-state index in [9.17, 15) is 0 Å². The average molecular weight is 407 g/mol. The predicted octanol–water partition coefficient (Wildman–Crippen LogP) is 1.66. The van der Waals surface area contributed by atoms with Crippen LogP contribution in [-0.4, -0.2) is 59.7 Å². The molecule has 0 atom stereocenters. The summed E-state index contributed by atoms with van der Waals surface area (Å²) < 4.78 is 13.3. The van der Waals surface area contributed by atoms with Gasteiger partial charge in [0.2, 0.25) is 0 Å². The molecule has 9 heteroatoms. The van der Waals surface area contributed by atoms with E-state index in [2.05, 4.69) is 38.3 Å². The molecule has 0 aromatic carbocycles. The van der Waals surface area contributed by atoms with Crippen LogP contribution in [0.15, 0.2) is 22.5 Å². The van der Waals surface area contributed by atoms with Crippen LogP contribution in [0.25, 0.3) is 0 Å². The first-order chi connectivity index (χ1) is 13.6. The van der Waals surface area contributed by atoms with Gasteiger partial charge in [-0.05, 0) is 24.8 Å². The van der Waals surface area contributed by atoms with Crippen molar-refractivity contribution < 1.29 is 9.47 Å². The Kier molecular flexibility index (Phi) is 7.41. The maximum absolute atomic E-state index is 5.83. The van der Waals surface area contributed by atoms with Crippen LogP contribution in [0.1, 0.15) is 29.4 Å². The molecule has 2 aromatic heterocycles. The Morgan fingerprint density at radius 1 is 1.36 bits per heavy atom. The van der Waals surface area contributed by atoms with Crippen LogP contribution in [0.5, 0.6) is 0 Å². The van der Waals surface area contributed by atoms with E-state index in [1.807, 2.05) is 18.5 Å². The molecule has 0 bridgehead atoms. The molecule has 1 fully saturated rings. The molecule has 1 saturated heterocycles. The first-order valence-electron chi connectivity index (χ1n) is 9.64. The molecule has 2 N–H and O–H groups in total. The van der Waals surface area contributed by atoms with Crippen LogP contribution < -0.4 is 10.6 Å². The molecule has 0 unspecified atom stereocenters. The number of methoxy groups -OCH3 is 1. The minimum atomic E-state index is -0.212. The SMILES string of the molecule is COC1(CNC(=NCc2nnc(C)n2C)NCCc2cccs2)CCOCC1. The van der Waals surface area contributed by atoms with Gasteiger partial charge < -0.3 is 24.7 Å². The normalized spacial score (nSPS) is 16.9. The third kappa shape index (κ3) is 5.52. The number of rotatable bonds is 8. The summed E-state index contributed by atoms with van der Waals surface area (Å²) in [7, 11) is 3.73. The van der Waals surface area contributed by atoms with Crippen LogP contribution >= 0.6 is 11.3 Å². The van der Waals surface area contributed by atoms with Crippen molar-refractivity contribution >= 4 is 17.3 Å². The Labute approximate surface area is 170 Å². The van der Waals surface area contributed by atoms with Crippen molar-refractivity contribution in [2.45, 2.75) is 38.3 Å². The molecule has 0 aliphatic carbocycles. The smallest absolute Gasteiger partial charge is 0.191 e. The van der Waals surface area contributed by atoms with Gasteiger partial charge in [-0.15, -0.1) is 21.5 Å². The molecule has 2 aromatic rings. The zero-order valence-corrected chi connectivity index (χ0v) is 17.7. The van der Waals surface area contributed by atoms with E-state index in [-0.39, 0.29) is 5.60 Å². The third-order valence-electron chi connectivity index (χ3n) is 5.22. The molecule has 28 heavy (non-hydrogen) atoms. The number of aromatic nitrogens is 3. The molecule has 0 radical (unpaired) electrons. The van der Waals surface area contributed by atoms with Gasteiger partial charge in [-0.1, -0.05) is 6.07 Å². The molecule has 3 rings (SSSR count). The maximum Gasteiger partial charge on any atom is 0.191 e. The highest BCUT2D eigenvalue weighted by Gasteiger charge is 2.32. The van der Waals surface area contributed by atoms with E-state index in [1.54, 1.807) is 18.4 Å². The number of aliphatic imine (C=N–C) groups is 1. The lowest BCUT2D eigenvalue weighted by atomic mass is 9.94. The minimum absolute atomic E-state index is 0.212. The number of hydrogen-bond donors (Lipinski definition) is 2. The highest BCUT2D eigenvalue weighted by atomic mass is 32.1. The van der Waals surface area contributed by atoms with Crippen molar-refractivity contribution in [3.05, 3.63) is 34.0 Å². The highest BCUT2D eigenvalue weighted by molar-refractivity contribution is 7.09. The number of ether oxygens (including phenoxy) is 2. The van der Waals surface area contributed by atoms with E-state index < -0.39 is 0 Å². The zero-order chi connectivity index (χ0) is 19.8. The molecule has 0 spiro atoms. The fourth-order valence-electron chi connectivity index (χ4n) is 3.11. The van der Waals surface area contributed by atoms with Crippen molar-refractivity contribution in [2.75, 3.05) is 33.4 Å². The summed E-state index contributed by atoms with van der Waals surface area (Å²) in [6, 6.07) is 4.23. The molecule has 0 amide bonds. The van der Waals surface area contributed by atoms with E-state index in [0.29, 0.717) is 13.1 Å². The molecule has 0 saturated carbocycles. The predicted molar refractivity (Wildman–Crippen MR) is 111 cm³/mol. The van der Waals surface area contributed by atoms with Crippen molar-refractivity contribution in [1.29, 1.82) is 0 Å². The Bertz CT molecular complexity index is 753. The number of hydrogen-bond acceptors (Lipinski definition) is 6. The molecule has 8 nitrogen and oxygen atoms in total. The Morgan fingerprint density at radius 2 is 2.18 bits per heavy atom. The number of nitrogens with one attached hydrogen (secondary N) is 2. The summed E-state index contributed by atoms with van der Waals surface area (Å²) in [6.45, 7) is 5.36. The summed E-state index contributed by atoms with van der Waals surface area (Å²) in [5.74, 6) is 2.48. The summed E-state index contributed by atoms with van der Waals surface area (Å²) in [4.78, 5) is 6.08. The Balaban J connectivity index is 1.62. The summed E-state index contributed by atoms with van der Waals surface area (Å²) >= 11 is 1.77. The first-order valence-corrected chi connectivity index (χ1v) is 10.5. The molecule has 1 aliphatic rings. The van der Waals surface area contributed by atoms with Gasteiger partial charge in [0.25, 0.3) is 0 Å². The van der Waals surface area contributed by atoms with E-state index in [0.717, 1.165) is 56.6 Å². The minimum Gasteiger partial charge on any atom is -0.381 e. The lowest BCUT2D eigenvalue weighted by molar-refractivity contribution is -0.0855. The topological polar surface area (TPSA) is 85.6 Å². The van der Waals surface area contributed by atoms with Crippen LogP contribution in [0.2, 0.25) is 0 Å². The van der Waals surface area contributed by atoms with Gasteiger partial charge in [0.1, 0.15) is 12.4 Å². The van der Waals surface area contributed by atoms with Gasteiger partial charge in [-0.2, -0.15) is 0 Å². The van der Waals surface area contributed by atoms with Gasteiger partial charge in [-0.3, -0.25) is 0 Å². The fourth-order valence-corrected chi connectivity index (χ4v) is 3.82. The monoisotopic (exact) mass is 406 g/mol. The second-order valence-electron chi connectivity index (χ2n) is 7.00. The quantitative estimate of drug-likeness (QED) is 0.512. The second kappa shape index (κ2) is 9.99. The van der Waals surface area contributed by atoms with Crippen molar-refractivity contribution in [3.8, 4) is 0 Å². The number of guanidine groups is 1. The van der Waals surface area contributed by atoms with Gasteiger partial charge in [0, 0.05) is 58.2 Å². The third-order valence-corrected chi connectivity index (χ3v) is 6.16. The lowest BCUT2D eigenvalue weighted by Crippen LogP contribution is -2.51. The number of nitrogens with zero attached hydrogens (tertiary/aromatic N) is 4. The van der Waals surface area contributed by atoms with E-state index in [4.69, 9.17) is 14.5 Å². The van der Waals surface area contributed by atoms with Gasteiger partial charge in [-0.25, -0.2) is 4.99 Å². The standard InChI is InChI=1S/C19H30N6O2S/c1-15-23-24-17(25(15)2)13-21-18(20-9-6-16-5-4-12-28-16)22-14-19(26-3)7-10-27-11-8-19/h4-5,12H,6-11,13-14H2,1-3H3,(H2,20,21,22). The summed E-state index contributed by atoms with van der Waals surface area (Å²) in [5.41, 5.74) is -0.212. The van der Waals surface area contributed by atoms with Crippen LogP contribution in [0.3, 0.4) is 0 Å². The first kappa shape index (κ1) is 20.8. The summed E-state index contributed by atoms with van der Waals surface area (Å²) in [6.07, 6.45) is 2.72. The fraction of sp³-hybridized carbons (Fsp3) is 0.632. The number of aryl methyl sites for hydroxylation is 1. The summed E-state index contributed by atoms with van der Waals surface area (Å²) in [5, 5.41) is 17.3. The van der Waals surface area contributed by atoms with Crippen molar-refractivity contribution in [1.82, 2.24) is 25.4 Å². The van der Waals surface area contributed by atoms with E-state index >= 15 is 0 Å². The van der Waals surface area contributed by atoms with Crippen LogP contribution in [-0.2, 0) is 29.5 Å². The van der Waals surface area contributed by atoms with Crippen LogP contribution in [0.4, 0.5) is 0 Å². The van der Waals surface area contributed by atoms with Gasteiger partial charge >= 0.3 is 0 Å². The number of thiophene rings is 1. The maximum atomic E-state index is 5.83. The van der Waals surface area contributed by atoms with Gasteiger partial charge in [0.15, 0.2) is 11.8 Å². The lowest BCUT2D eigenvalue weighted by Gasteiger charge is -2.36. The molecule has 154 valence electrons. The van der Waals surface area contributed by atoms with Gasteiger partial charge in [0.05, 0.1) is 5.60 Å². The second-order valence-corrected chi connectivity index (χ2v) is 8.03. The molecule has 3 heterocycles. The molecule has 1 aliphatic heterocycles. The zero-order valence-electron chi connectivity index (χ0n) is 16.9. The largest absolute Gasteiger partial charge is 0.381 e. The average Bonchev–Trinajstić information content (AvgIpc) is 3.35.